The molecule has 1 fully saturated rings. The zero-order valence-corrected chi connectivity index (χ0v) is 14.2. The molecule has 0 aliphatic carbocycles. The van der Waals surface area contributed by atoms with E-state index < -0.39 is 29.6 Å². The Morgan fingerprint density at radius 3 is 2.70 bits per heavy atom. The van der Waals surface area contributed by atoms with Crippen LogP contribution in [0.2, 0.25) is 0 Å². The first kappa shape index (κ1) is 19.2. The Balaban J connectivity index is 1.63. The van der Waals surface area contributed by atoms with Crippen molar-refractivity contribution in [3.05, 3.63) is 65.5 Å². The molecule has 0 saturated carbocycles. The second-order valence-electron chi connectivity index (χ2n) is 6.09. The van der Waals surface area contributed by atoms with Crippen molar-refractivity contribution in [1.82, 2.24) is 4.90 Å². The Labute approximate surface area is 153 Å². The van der Waals surface area contributed by atoms with Crippen LogP contribution in [0, 0.1) is 5.82 Å². The van der Waals surface area contributed by atoms with Crippen molar-refractivity contribution in [3.8, 4) is 5.75 Å². The van der Waals surface area contributed by atoms with Crippen LogP contribution < -0.4 is 4.74 Å². The predicted octanol–water partition coefficient (Wildman–Crippen LogP) is 3.76. The fraction of sp³-hybridized carbons (Fsp3) is 0.316. The number of carbonyl (C=O) groups is 1. The minimum Gasteiger partial charge on any atom is -0.491 e. The normalized spacial score (nSPS) is 17.6. The van der Waals surface area contributed by atoms with E-state index in [0.29, 0.717) is 5.75 Å². The number of alkyl halides is 3. The summed E-state index contributed by atoms with van der Waals surface area (Å²) in [6.07, 6.45) is -4.97. The molecule has 2 aromatic carbocycles. The number of hydrogen-bond donors (Lipinski definition) is 0. The third-order valence-electron chi connectivity index (χ3n) is 4.09. The topological polar surface area (TPSA) is 38.8 Å². The number of carbonyl (C=O) groups excluding carboxylic acids is 1. The molecule has 0 aromatic heterocycles. The summed E-state index contributed by atoms with van der Waals surface area (Å²) in [4.78, 5) is 14.0. The Morgan fingerprint density at radius 2 is 1.96 bits per heavy atom. The van der Waals surface area contributed by atoms with Crippen LogP contribution in [0.25, 0.3) is 0 Å². The van der Waals surface area contributed by atoms with Gasteiger partial charge in [-0.25, -0.2) is 4.39 Å². The Morgan fingerprint density at radius 1 is 1.19 bits per heavy atom. The second-order valence-corrected chi connectivity index (χ2v) is 6.09. The van der Waals surface area contributed by atoms with Gasteiger partial charge in [0, 0.05) is 18.2 Å². The molecule has 0 spiro atoms. The molecule has 1 heterocycles. The standard InChI is InChI=1S/C19H17F4NO3/c20-15-5-2-6-16(10-15)27-12-17-11-24(7-8-26-17)18(25)13-3-1-4-14(9-13)19(21,22)23/h1-6,9-10,17H,7-8,11-12H2. The number of ether oxygens (including phenoxy) is 2. The molecule has 1 aliphatic heterocycles. The van der Waals surface area contributed by atoms with E-state index in [1.54, 1.807) is 6.07 Å². The molecular formula is C19H17F4NO3. The maximum Gasteiger partial charge on any atom is 0.416 e. The number of nitrogens with zero attached hydrogens (tertiary/aromatic N) is 1. The minimum atomic E-state index is -4.51. The van der Waals surface area contributed by atoms with E-state index >= 15 is 0 Å². The first-order valence-corrected chi connectivity index (χ1v) is 8.29. The lowest BCUT2D eigenvalue weighted by molar-refractivity contribution is -0.137. The summed E-state index contributed by atoms with van der Waals surface area (Å²) in [6, 6.07) is 9.95. The van der Waals surface area contributed by atoms with Crippen LogP contribution in [0.15, 0.2) is 48.5 Å². The molecule has 3 rings (SSSR count). The van der Waals surface area contributed by atoms with Gasteiger partial charge in [0.05, 0.1) is 18.7 Å². The highest BCUT2D eigenvalue weighted by Gasteiger charge is 2.32. The lowest BCUT2D eigenvalue weighted by atomic mass is 10.1. The molecule has 8 heteroatoms. The van der Waals surface area contributed by atoms with E-state index in [2.05, 4.69) is 0 Å². The van der Waals surface area contributed by atoms with Crippen LogP contribution >= 0.6 is 0 Å². The second kappa shape index (κ2) is 7.96. The fourth-order valence-electron chi connectivity index (χ4n) is 2.76. The first-order valence-electron chi connectivity index (χ1n) is 8.29. The van der Waals surface area contributed by atoms with E-state index in [1.165, 1.54) is 35.2 Å². The van der Waals surface area contributed by atoms with Gasteiger partial charge in [-0.15, -0.1) is 0 Å². The molecule has 0 bridgehead atoms. The van der Waals surface area contributed by atoms with Gasteiger partial charge in [0.2, 0.25) is 0 Å². The van der Waals surface area contributed by atoms with Crippen molar-refractivity contribution in [2.75, 3.05) is 26.3 Å². The maximum absolute atomic E-state index is 13.2. The van der Waals surface area contributed by atoms with Crippen LogP contribution in [0.3, 0.4) is 0 Å². The lowest BCUT2D eigenvalue weighted by Gasteiger charge is -2.33. The number of benzene rings is 2. The molecule has 0 N–H and O–H groups in total. The van der Waals surface area contributed by atoms with Gasteiger partial charge in [-0.2, -0.15) is 13.2 Å². The molecule has 144 valence electrons. The average Bonchev–Trinajstić information content (AvgIpc) is 2.65. The third kappa shape index (κ3) is 4.97. The van der Waals surface area contributed by atoms with Gasteiger partial charge in [0.25, 0.3) is 5.91 Å². The predicted molar refractivity (Wildman–Crippen MR) is 89.0 cm³/mol. The molecule has 2 aromatic rings. The summed E-state index contributed by atoms with van der Waals surface area (Å²) in [7, 11) is 0. The van der Waals surface area contributed by atoms with Crippen molar-refractivity contribution < 1.29 is 31.8 Å². The third-order valence-corrected chi connectivity index (χ3v) is 4.09. The van der Waals surface area contributed by atoms with Crippen molar-refractivity contribution >= 4 is 5.91 Å². The van der Waals surface area contributed by atoms with E-state index in [0.717, 1.165) is 12.1 Å². The van der Waals surface area contributed by atoms with Crippen LogP contribution in [0.4, 0.5) is 17.6 Å². The molecule has 1 atom stereocenters. The highest BCUT2D eigenvalue weighted by molar-refractivity contribution is 5.94. The Kier molecular flexibility index (Phi) is 5.65. The zero-order chi connectivity index (χ0) is 19.4. The summed E-state index contributed by atoms with van der Waals surface area (Å²) in [5.74, 6) is -0.599. The summed E-state index contributed by atoms with van der Waals surface area (Å²) in [6.45, 7) is 0.771. The number of hydrogen-bond acceptors (Lipinski definition) is 3. The number of halogens is 4. The SMILES string of the molecule is O=C(c1cccc(C(F)(F)F)c1)N1CCOC(COc2cccc(F)c2)C1. The molecule has 1 aliphatic rings. The maximum atomic E-state index is 13.2. The molecule has 27 heavy (non-hydrogen) atoms. The van der Waals surface area contributed by atoms with Gasteiger partial charge >= 0.3 is 6.18 Å². The Hall–Kier alpha value is -2.61. The molecular weight excluding hydrogens is 366 g/mol. The van der Waals surface area contributed by atoms with Crippen LogP contribution in [0.5, 0.6) is 5.75 Å². The van der Waals surface area contributed by atoms with Gasteiger partial charge in [-0.3, -0.25) is 4.79 Å². The smallest absolute Gasteiger partial charge is 0.416 e. The molecule has 0 radical (unpaired) electrons. The fourth-order valence-corrected chi connectivity index (χ4v) is 2.76. The van der Waals surface area contributed by atoms with Gasteiger partial charge in [-0.05, 0) is 30.3 Å². The minimum absolute atomic E-state index is 0.0310. The number of morpholine rings is 1. The number of amides is 1. The summed E-state index contributed by atoms with van der Waals surface area (Å²) in [5, 5.41) is 0. The van der Waals surface area contributed by atoms with Crippen LogP contribution in [-0.2, 0) is 10.9 Å². The van der Waals surface area contributed by atoms with Gasteiger partial charge in [0.1, 0.15) is 24.3 Å². The van der Waals surface area contributed by atoms with Crippen LogP contribution in [0.1, 0.15) is 15.9 Å². The molecule has 1 amide bonds. The van der Waals surface area contributed by atoms with Crippen molar-refractivity contribution in [3.63, 3.8) is 0 Å². The summed E-state index contributed by atoms with van der Waals surface area (Å²) >= 11 is 0. The van der Waals surface area contributed by atoms with Gasteiger partial charge < -0.3 is 14.4 Å². The highest BCUT2D eigenvalue weighted by Crippen LogP contribution is 2.30. The lowest BCUT2D eigenvalue weighted by Crippen LogP contribution is -2.47. The zero-order valence-electron chi connectivity index (χ0n) is 14.2. The van der Waals surface area contributed by atoms with Crippen molar-refractivity contribution in [2.45, 2.75) is 12.3 Å². The molecule has 1 saturated heterocycles. The largest absolute Gasteiger partial charge is 0.491 e. The number of rotatable bonds is 4. The van der Waals surface area contributed by atoms with Crippen molar-refractivity contribution in [2.24, 2.45) is 0 Å². The summed E-state index contributed by atoms with van der Waals surface area (Å²) in [5.41, 5.74) is -0.899. The van der Waals surface area contributed by atoms with E-state index in [1.807, 2.05) is 0 Å². The van der Waals surface area contributed by atoms with Crippen LogP contribution in [-0.4, -0.2) is 43.2 Å². The molecule has 1 unspecified atom stereocenters. The van der Waals surface area contributed by atoms with Gasteiger partial charge in [0.15, 0.2) is 0 Å². The molecule has 4 nitrogen and oxygen atoms in total. The van der Waals surface area contributed by atoms with E-state index in [9.17, 15) is 22.4 Å². The van der Waals surface area contributed by atoms with E-state index in [-0.39, 0.29) is 31.9 Å². The van der Waals surface area contributed by atoms with Crippen molar-refractivity contribution in [1.29, 1.82) is 0 Å². The average molecular weight is 383 g/mol. The Bertz CT molecular complexity index is 810. The van der Waals surface area contributed by atoms with E-state index in [4.69, 9.17) is 9.47 Å². The summed E-state index contributed by atoms with van der Waals surface area (Å²) < 4.78 is 62.7. The first-order chi connectivity index (χ1) is 12.8. The quantitative estimate of drug-likeness (QED) is 0.755. The highest BCUT2D eigenvalue weighted by atomic mass is 19.4. The van der Waals surface area contributed by atoms with Gasteiger partial charge in [-0.1, -0.05) is 12.1 Å². The monoisotopic (exact) mass is 383 g/mol.